The fraction of sp³-hybridized carbons (Fsp3) is 0.857. The van der Waals surface area contributed by atoms with Crippen LogP contribution in [0.2, 0.25) is 0 Å². The van der Waals surface area contributed by atoms with Crippen molar-refractivity contribution in [2.75, 3.05) is 33.0 Å². The summed E-state index contributed by atoms with van der Waals surface area (Å²) in [6.07, 6.45) is 7.32. The molecule has 0 amide bonds. The number of hydrogen-bond acceptors (Lipinski definition) is 6. The molecule has 1 unspecified atom stereocenters. The first-order chi connectivity index (χ1) is 13.5. The smallest absolute Gasteiger partial charge is 0.137 e. The summed E-state index contributed by atoms with van der Waals surface area (Å²) in [5.41, 5.74) is 0.847. The highest BCUT2D eigenvalue weighted by atomic mass is 16.5. The zero-order valence-electron chi connectivity index (χ0n) is 18.2. The standard InChI is InChI=1S/C21H39N3O4/c1-5-19(4)8-6-7-10-24-16-20(22-23-24)17-28-15-14-27-13-12-26-11-9-21(25)18(2)3/h16,18-19H,5-15,17H2,1-4H3. The highest BCUT2D eigenvalue weighted by molar-refractivity contribution is 5.80. The Hall–Kier alpha value is -1.31. The van der Waals surface area contributed by atoms with Gasteiger partial charge in [-0.25, -0.2) is 0 Å². The van der Waals surface area contributed by atoms with E-state index < -0.39 is 0 Å². The van der Waals surface area contributed by atoms with Gasteiger partial charge in [0, 0.05) is 18.9 Å². The Morgan fingerprint density at radius 2 is 1.71 bits per heavy atom. The highest BCUT2D eigenvalue weighted by Crippen LogP contribution is 2.11. The first-order valence-electron chi connectivity index (χ1n) is 10.7. The van der Waals surface area contributed by atoms with Crippen LogP contribution < -0.4 is 0 Å². The van der Waals surface area contributed by atoms with Crippen LogP contribution in [0.5, 0.6) is 0 Å². The molecular formula is C21H39N3O4. The van der Waals surface area contributed by atoms with Gasteiger partial charge in [-0.3, -0.25) is 9.48 Å². The average Bonchev–Trinajstić information content (AvgIpc) is 3.13. The van der Waals surface area contributed by atoms with Gasteiger partial charge in [-0.2, -0.15) is 0 Å². The van der Waals surface area contributed by atoms with Gasteiger partial charge in [0.2, 0.25) is 0 Å². The van der Waals surface area contributed by atoms with Crippen molar-refractivity contribution in [2.24, 2.45) is 11.8 Å². The second kappa shape index (κ2) is 15.6. The maximum absolute atomic E-state index is 11.4. The van der Waals surface area contributed by atoms with Crippen LogP contribution >= 0.6 is 0 Å². The van der Waals surface area contributed by atoms with Crippen molar-refractivity contribution in [1.82, 2.24) is 15.0 Å². The van der Waals surface area contributed by atoms with Crippen LogP contribution in [0.3, 0.4) is 0 Å². The van der Waals surface area contributed by atoms with Crippen LogP contribution in [-0.2, 0) is 32.2 Å². The monoisotopic (exact) mass is 397 g/mol. The SMILES string of the molecule is CCC(C)CCCCn1cc(COCCOCCOCCC(=O)C(C)C)nn1. The normalized spacial score (nSPS) is 12.6. The molecule has 0 aliphatic rings. The number of carbonyl (C=O) groups is 1. The summed E-state index contributed by atoms with van der Waals surface area (Å²) in [6.45, 7) is 12.2. The van der Waals surface area contributed by atoms with Gasteiger partial charge in [-0.05, 0) is 12.3 Å². The lowest BCUT2D eigenvalue weighted by atomic mass is 10.0. The second-order valence-corrected chi connectivity index (χ2v) is 7.63. The molecule has 0 saturated carbocycles. The molecule has 0 aromatic carbocycles. The van der Waals surface area contributed by atoms with Crippen LogP contribution in [0.25, 0.3) is 0 Å². The number of Topliss-reactive ketones (excluding diaryl/α,β-unsaturated/α-hetero) is 1. The molecule has 0 spiro atoms. The fourth-order valence-corrected chi connectivity index (χ4v) is 2.56. The van der Waals surface area contributed by atoms with E-state index in [2.05, 4.69) is 24.2 Å². The van der Waals surface area contributed by atoms with Gasteiger partial charge >= 0.3 is 0 Å². The summed E-state index contributed by atoms with van der Waals surface area (Å²) in [7, 11) is 0. The molecule has 1 atom stereocenters. The summed E-state index contributed by atoms with van der Waals surface area (Å²) in [5, 5.41) is 8.29. The Bertz CT molecular complexity index is 520. The van der Waals surface area contributed by atoms with Crippen molar-refractivity contribution < 1.29 is 19.0 Å². The van der Waals surface area contributed by atoms with E-state index in [0.29, 0.717) is 46.1 Å². The minimum Gasteiger partial charge on any atom is -0.379 e. The summed E-state index contributed by atoms with van der Waals surface area (Å²) in [6, 6.07) is 0. The average molecular weight is 398 g/mol. The Labute approximate surface area is 170 Å². The van der Waals surface area contributed by atoms with Crippen molar-refractivity contribution in [3.8, 4) is 0 Å². The van der Waals surface area contributed by atoms with E-state index in [-0.39, 0.29) is 11.7 Å². The molecule has 0 fully saturated rings. The van der Waals surface area contributed by atoms with Gasteiger partial charge in [-0.15, -0.1) is 5.10 Å². The highest BCUT2D eigenvalue weighted by Gasteiger charge is 2.06. The molecule has 0 N–H and O–H groups in total. The lowest BCUT2D eigenvalue weighted by Crippen LogP contribution is -2.13. The number of nitrogens with zero attached hydrogens (tertiary/aromatic N) is 3. The molecule has 1 aromatic rings. The van der Waals surface area contributed by atoms with E-state index in [0.717, 1.165) is 24.6 Å². The number of ether oxygens (including phenoxy) is 3. The molecule has 1 aromatic heterocycles. The van der Waals surface area contributed by atoms with E-state index in [9.17, 15) is 4.79 Å². The van der Waals surface area contributed by atoms with Crippen LogP contribution in [0.4, 0.5) is 0 Å². The molecule has 162 valence electrons. The van der Waals surface area contributed by atoms with E-state index in [1.165, 1.54) is 19.3 Å². The molecule has 0 bridgehead atoms. The quantitative estimate of drug-likeness (QED) is 0.352. The van der Waals surface area contributed by atoms with Gasteiger partial charge in [-0.1, -0.05) is 52.2 Å². The van der Waals surface area contributed by atoms with Crippen LogP contribution in [0.15, 0.2) is 6.20 Å². The molecule has 1 heterocycles. The molecule has 0 radical (unpaired) electrons. The third kappa shape index (κ3) is 12.2. The first kappa shape index (κ1) is 24.7. The Kier molecular flexibility index (Phi) is 13.8. The predicted octanol–water partition coefficient (Wildman–Crippen LogP) is 3.66. The molecule has 0 aliphatic heterocycles. The third-order valence-corrected chi connectivity index (χ3v) is 4.75. The summed E-state index contributed by atoms with van der Waals surface area (Å²) in [5.74, 6) is 1.12. The first-order valence-corrected chi connectivity index (χ1v) is 10.7. The number of hydrogen-bond donors (Lipinski definition) is 0. The predicted molar refractivity (Wildman–Crippen MR) is 109 cm³/mol. The molecule has 0 aliphatic carbocycles. The van der Waals surface area contributed by atoms with Crippen LogP contribution in [0, 0.1) is 11.8 Å². The van der Waals surface area contributed by atoms with Gasteiger partial charge in [0.1, 0.15) is 11.5 Å². The van der Waals surface area contributed by atoms with Gasteiger partial charge in [0.25, 0.3) is 0 Å². The molecule has 7 nitrogen and oxygen atoms in total. The van der Waals surface area contributed by atoms with Crippen molar-refractivity contribution >= 4 is 5.78 Å². The molecular weight excluding hydrogens is 358 g/mol. The zero-order valence-corrected chi connectivity index (χ0v) is 18.2. The minimum absolute atomic E-state index is 0.0770. The summed E-state index contributed by atoms with van der Waals surface area (Å²) < 4.78 is 18.3. The van der Waals surface area contributed by atoms with Crippen molar-refractivity contribution in [1.29, 1.82) is 0 Å². The van der Waals surface area contributed by atoms with Crippen LogP contribution in [0.1, 0.15) is 65.5 Å². The maximum atomic E-state index is 11.4. The second-order valence-electron chi connectivity index (χ2n) is 7.63. The number of aryl methyl sites for hydroxylation is 1. The largest absolute Gasteiger partial charge is 0.379 e. The Morgan fingerprint density at radius 3 is 2.39 bits per heavy atom. The fourth-order valence-electron chi connectivity index (χ4n) is 2.56. The summed E-state index contributed by atoms with van der Waals surface area (Å²) >= 11 is 0. The van der Waals surface area contributed by atoms with Gasteiger partial charge in [0.15, 0.2) is 0 Å². The van der Waals surface area contributed by atoms with Gasteiger partial charge < -0.3 is 14.2 Å². The van der Waals surface area contributed by atoms with E-state index in [4.69, 9.17) is 14.2 Å². The lowest BCUT2D eigenvalue weighted by Gasteiger charge is -2.07. The molecule has 0 saturated heterocycles. The maximum Gasteiger partial charge on any atom is 0.137 e. The Morgan fingerprint density at radius 1 is 1.04 bits per heavy atom. The van der Waals surface area contributed by atoms with E-state index >= 15 is 0 Å². The van der Waals surface area contributed by atoms with E-state index in [1.807, 2.05) is 24.7 Å². The topological polar surface area (TPSA) is 75.5 Å². The summed E-state index contributed by atoms with van der Waals surface area (Å²) in [4.78, 5) is 11.4. The number of unbranched alkanes of at least 4 members (excludes halogenated alkanes) is 1. The van der Waals surface area contributed by atoms with Crippen LogP contribution in [-0.4, -0.2) is 53.8 Å². The third-order valence-electron chi connectivity index (χ3n) is 4.75. The number of carbonyl (C=O) groups excluding carboxylic acids is 1. The van der Waals surface area contributed by atoms with E-state index in [1.54, 1.807) is 0 Å². The number of rotatable bonds is 18. The number of ketones is 1. The Balaban J connectivity index is 1.94. The molecule has 7 heteroatoms. The number of aromatic nitrogens is 3. The van der Waals surface area contributed by atoms with Crippen molar-refractivity contribution in [3.63, 3.8) is 0 Å². The van der Waals surface area contributed by atoms with Crippen molar-refractivity contribution in [3.05, 3.63) is 11.9 Å². The minimum atomic E-state index is 0.0770. The molecule has 28 heavy (non-hydrogen) atoms. The molecule has 1 rings (SSSR count). The zero-order chi connectivity index (χ0) is 20.6. The lowest BCUT2D eigenvalue weighted by molar-refractivity contribution is -0.123. The van der Waals surface area contributed by atoms with Gasteiger partial charge in [0.05, 0.1) is 45.8 Å². The van der Waals surface area contributed by atoms with Crippen molar-refractivity contribution in [2.45, 2.75) is 73.0 Å².